The number of hydrogen-bond donors (Lipinski definition) is 1. The minimum atomic E-state index is -0.529. The monoisotopic (exact) mass is 361 g/mol. The molecular formula is C18H16ClNO5. The van der Waals surface area contributed by atoms with Crippen molar-refractivity contribution in [2.24, 2.45) is 5.73 Å². The molecule has 0 atom stereocenters. The van der Waals surface area contributed by atoms with E-state index in [0.717, 1.165) is 0 Å². The zero-order chi connectivity index (χ0) is 17.8. The number of nitrogens with two attached hydrogens (primary N) is 1. The average molecular weight is 362 g/mol. The summed E-state index contributed by atoms with van der Waals surface area (Å²) in [5.74, 6) is 0.0697. The highest BCUT2D eigenvalue weighted by atomic mass is 35.5. The van der Waals surface area contributed by atoms with Crippen molar-refractivity contribution in [3.63, 3.8) is 0 Å². The van der Waals surface area contributed by atoms with Crippen LogP contribution in [-0.4, -0.2) is 25.1 Å². The van der Waals surface area contributed by atoms with Gasteiger partial charge in [-0.15, -0.1) is 0 Å². The van der Waals surface area contributed by atoms with Crippen LogP contribution < -0.4 is 15.2 Å². The summed E-state index contributed by atoms with van der Waals surface area (Å²) in [5.41, 5.74) is 6.95. The van der Waals surface area contributed by atoms with Crippen molar-refractivity contribution in [3.8, 4) is 11.5 Å². The number of amides is 1. The van der Waals surface area contributed by atoms with Crippen molar-refractivity contribution in [3.05, 3.63) is 58.1 Å². The molecule has 1 aliphatic rings. The molecule has 130 valence electrons. The van der Waals surface area contributed by atoms with Crippen LogP contribution in [0.25, 0.3) is 0 Å². The van der Waals surface area contributed by atoms with E-state index in [-0.39, 0.29) is 13.0 Å². The van der Waals surface area contributed by atoms with Gasteiger partial charge in [-0.1, -0.05) is 23.7 Å². The SMILES string of the molecule is NC(=O)c1cccc(COC(=O)Cc2cc(Cl)c3c(c2)OCCO3)c1. The summed E-state index contributed by atoms with van der Waals surface area (Å²) in [6, 6.07) is 10.0. The van der Waals surface area contributed by atoms with E-state index < -0.39 is 11.9 Å². The van der Waals surface area contributed by atoms with Gasteiger partial charge in [0.25, 0.3) is 0 Å². The highest BCUT2D eigenvalue weighted by molar-refractivity contribution is 6.32. The van der Waals surface area contributed by atoms with Crippen molar-refractivity contribution in [2.75, 3.05) is 13.2 Å². The van der Waals surface area contributed by atoms with Crippen molar-refractivity contribution in [1.82, 2.24) is 0 Å². The van der Waals surface area contributed by atoms with Crippen molar-refractivity contribution >= 4 is 23.5 Å². The molecule has 0 fully saturated rings. The number of carbonyl (C=O) groups is 2. The number of esters is 1. The summed E-state index contributed by atoms with van der Waals surface area (Å²) < 4.78 is 16.2. The number of ether oxygens (including phenoxy) is 3. The van der Waals surface area contributed by atoms with E-state index in [1.165, 1.54) is 0 Å². The van der Waals surface area contributed by atoms with Crippen LogP contribution in [-0.2, 0) is 22.6 Å². The third-order valence-electron chi connectivity index (χ3n) is 3.62. The molecule has 0 spiro atoms. The summed E-state index contributed by atoms with van der Waals surface area (Å²) in [5, 5.41) is 0.397. The van der Waals surface area contributed by atoms with Crippen LogP contribution in [0.1, 0.15) is 21.5 Å². The fraction of sp³-hybridized carbons (Fsp3) is 0.222. The fourth-order valence-corrected chi connectivity index (χ4v) is 2.75. The molecule has 1 aliphatic heterocycles. The lowest BCUT2D eigenvalue weighted by atomic mass is 10.1. The third kappa shape index (κ3) is 4.22. The van der Waals surface area contributed by atoms with E-state index in [1.807, 2.05) is 0 Å². The van der Waals surface area contributed by atoms with Crippen LogP contribution >= 0.6 is 11.6 Å². The molecule has 0 aromatic heterocycles. The van der Waals surface area contributed by atoms with Gasteiger partial charge in [0.2, 0.25) is 5.91 Å². The first-order valence-electron chi connectivity index (χ1n) is 7.65. The van der Waals surface area contributed by atoms with Crippen LogP contribution in [0.15, 0.2) is 36.4 Å². The minimum Gasteiger partial charge on any atom is -0.486 e. The second-order valence-corrected chi connectivity index (χ2v) is 5.91. The number of fused-ring (bicyclic) bond motifs is 1. The summed E-state index contributed by atoms with van der Waals surface area (Å²) in [6.07, 6.45) is 0.0475. The molecular weight excluding hydrogens is 346 g/mol. The topological polar surface area (TPSA) is 87.9 Å². The molecule has 0 radical (unpaired) electrons. The lowest BCUT2D eigenvalue weighted by Gasteiger charge is -2.20. The van der Waals surface area contributed by atoms with Gasteiger partial charge in [0.15, 0.2) is 11.5 Å². The molecule has 3 rings (SSSR count). The zero-order valence-electron chi connectivity index (χ0n) is 13.3. The zero-order valence-corrected chi connectivity index (χ0v) is 14.0. The van der Waals surface area contributed by atoms with Crippen LogP contribution in [0, 0.1) is 0 Å². The molecule has 2 aromatic carbocycles. The maximum Gasteiger partial charge on any atom is 0.310 e. The second kappa shape index (κ2) is 7.44. The van der Waals surface area contributed by atoms with Gasteiger partial charge in [0, 0.05) is 5.56 Å². The molecule has 0 saturated heterocycles. The second-order valence-electron chi connectivity index (χ2n) is 5.50. The Morgan fingerprint density at radius 1 is 1.12 bits per heavy atom. The van der Waals surface area contributed by atoms with Gasteiger partial charge in [0.05, 0.1) is 11.4 Å². The smallest absolute Gasteiger partial charge is 0.310 e. The number of benzene rings is 2. The van der Waals surface area contributed by atoms with Crippen LogP contribution in [0.2, 0.25) is 5.02 Å². The van der Waals surface area contributed by atoms with Crippen LogP contribution in [0.4, 0.5) is 0 Å². The molecule has 0 saturated carbocycles. The fourth-order valence-electron chi connectivity index (χ4n) is 2.46. The summed E-state index contributed by atoms with van der Waals surface area (Å²) in [6.45, 7) is 0.935. The van der Waals surface area contributed by atoms with Gasteiger partial charge >= 0.3 is 5.97 Å². The maximum absolute atomic E-state index is 12.1. The predicted octanol–water partition coefficient (Wildman–Crippen LogP) is 2.50. The average Bonchev–Trinajstić information content (AvgIpc) is 2.60. The van der Waals surface area contributed by atoms with Gasteiger partial charge in [-0.3, -0.25) is 9.59 Å². The Morgan fingerprint density at radius 3 is 2.72 bits per heavy atom. The number of rotatable bonds is 5. The van der Waals surface area contributed by atoms with Gasteiger partial charge in [0.1, 0.15) is 19.8 Å². The number of primary amides is 1. The largest absolute Gasteiger partial charge is 0.486 e. The Hall–Kier alpha value is -2.73. The molecule has 0 aliphatic carbocycles. The highest BCUT2D eigenvalue weighted by Gasteiger charge is 2.18. The molecule has 2 N–H and O–H groups in total. The van der Waals surface area contributed by atoms with Gasteiger partial charge in [-0.2, -0.15) is 0 Å². The van der Waals surface area contributed by atoms with E-state index in [2.05, 4.69) is 0 Å². The minimum absolute atomic E-state index is 0.0475. The third-order valence-corrected chi connectivity index (χ3v) is 3.90. The predicted molar refractivity (Wildman–Crippen MR) is 90.9 cm³/mol. The molecule has 7 heteroatoms. The summed E-state index contributed by atoms with van der Waals surface area (Å²) >= 11 is 6.15. The normalized spacial score (nSPS) is 12.5. The molecule has 6 nitrogen and oxygen atoms in total. The Balaban J connectivity index is 1.62. The first kappa shape index (κ1) is 17.1. The van der Waals surface area contributed by atoms with Gasteiger partial charge in [-0.25, -0.2) is 0 Å². The summed E-state index contributed by atoms with van der Waals surface area (Å²) in [7, 11) is 0. The molecule has 0 unspecified atom stereocenters. The molecule has 25 heavy (non-hydrogen) atoms. The van der Waals surface area contributed by atoms with E-state index in [0.29, 0.717) is 46.4 Å². The Bertz CT molecular complexity index is 821. The Morgan fingerprint density at radius 2 is 1.92 bits per heavy atom. The van der Waals surface area contributed by atoms with E-state index in [4.69, 9.17) is 31.5 Å². The van der Waals surface area contributed by atoms with Crippen LogP contribution in [0.5, 0.6) is 11.5 Å². The van der Waals surface area contributed by atoms with Crippen molar-refractivity contribution in [2.45, 2.75) is 13.0 Å². The molecule has 2 aromatic rings. The first-order valence-corrected chi connectivity index (χ1v) is 8.03. The molecule has 0 bridgehead atoms. The Labute approximate surface area is 149 Å². The van der Waals surface area contributed by atoms with Gasteiger partial charge in [-0.05, 0) is 35.4 Å². The van der Waals surface area contributed by atoms with Crippen molar-refractivity contribution < 1.29 is 23.8 Å². The van der Waals surface area contributed by atoms with E-state index in [1.54, 1.807) is 36.4 Å². The molecule has 1 amide bonds. The summed E-state index contributed by atoms with van der Waals surface area (Å²) in [4.78, 5) is 23.2. The van der Waals surface area contributed by atoms with Crippen molar-refractivity contribution in [1.29, 1.82) is 0 Å². The van der Waals surface area contributed by atoms with Crippen LogP contribution in [0.3, 0.4) is 0 Å². The standard InChI is InChI=1S/C18H16ClNO5/c19-14-7-12(8-15-17(14)24-5-4-23-15)9-16(21)25-10-11-2-1-3-13(6-11)18(20)22/h1-3,6-8H,4-5,9-10H2,(H2,20,22). The van der Waals surface area contributed by atoms with Gasteiger partial charge < -0.3 is 19.9 Å². The highest BCUT2D eigenvalue weighted by Crippen LogP contribution is 2.38. The molecule has 1 heterocycles. The lowest BCUT2D eigenvalue weighted by molar-refractivity contribution is -0.144. The lowest BCUT2D eigenvalue weighted by Crippen LogP contribution is -2.16. The number of hydrogen-bond acceptors (Lipinski definition) is 5. The number of halogens is 1. The van der Waals surface area contributed by atoms with E-state index in [9.17, 15) is 9.59 Å². The number of carbonyl (C=O) groups excluding carboxylic acids is 2. The quantitative estimate of drug-likeness (QED) is 0.827. The Kier molecular flexibility index (Phi) is 5.09. The maximum atomic E-state index is 12.1. The van der Waals surface area contributed by atoms with E-state index >= 15 is 0 Å². The first-order chi connectivity index (χ1) is 12.0.